The molecule has 0 atom stereocenters. The summed E-state index contributed by atoms with van der Waals surface area (Å²) in [5.74, 6) is 1.02. The number of aryl methyl sites for hydroxylation is 1. The van der Waals surface area contributed by atoms with Crippen molar-refractivity contribution in [3.8, 4) is 11.3 Å². The summed E-state index contributed by atoms with van der Waals surface area (Å²) in [6.07, 6.45) is 11.7. The van der Waals surface area contributed by atoms with Crippen molar-refractivity contribution in [3.05, 3.63) is 34.7 Å². The lowest BCUT2D eigenvalue weighted by atomic mass is 9.86. The van der Waals surface area contributed by atoms with Crippen LogP contribution in [0.1, 0.15) is 80.3 Å². The van der Waals surface area contributed by atoms with E-state index in [0.29, 0.717) is 11.8 Å². The van der Waals surface area contributed by atoms with E-state index in [1.54, 1.807) is 6.33 Å². The first-order chi connectivity index (χ1) is 15.6. The van der Waals surface area contributed by atoms with Crippen LogP contribution < -0.4 is 0 Å². The van der Waals surface area contributed by atoms with Gasteiger partial charge in [0.25, 0.3) is 0 Å². The molecular formula is C25H32N6S. The molecule has 1 N–H and O–H groups in total. The summed E-state index contributed by atoms with van der Waals surface area (Å²) in [7, 11) is 0. The third kappa shape index (κ3) is 3.37. The fourth-order valence-electron chi connectivity index (χ4n) is 5.87. The molecule has 0 unspecified atom stereocenters. The molecule has 4 aromatic rings. The first-order valence-corrected chi connectivity index (χ1v) is 13.0. The second kappa shape index (κ2) is 7.96. The molecular weight excluding hydrogens is 416 g/mol. The van der Waals surface area contributed by atoms with E-state index in [4.69, 9.17) is 4.98 Å². The number of aromatic nitrogens is 5. The fraction of sp³-hybridized carbons (Fsp3) is 0.560. The van der Waals surface area contributed by atoms with Crippen molar-refractivity contribution >= 4 is 27.3 Å². The Morgan fingerprint density at radius 2 is 1.91 bits per heavy atom. The predicted octanol–water partition coefficient (Wildman–Crippen LogP) is 5.89. The van der Waals surface area contributed by atoms with Crippen LogP contribution in [0.15, 0.2) is 18.6 Å². The molecule has 1 saturated carbocycles. The van der Waals surface area contributed by atoms with E-state index in [1.807, 2.05) is 15.9 Å². The molecule has 0 bridgehead atoms. The van der Waals surface area contributed by atoms with Gasteiger partial charge in [-0.25, -0.2) is 14.5 Å². The third-order valence-electron chi connectivity index (χ3n) is 7.58. The van der Waals surface area contributed by atoms with Crippen molar-refractivity contribution in [2.75, 3.05) is 13.1 Å². The van der Waals surface area contributed by atoms with Crippen LogP contribution in [0, 0.1) is 6.92 Å². The minimum atomic E-state index is 0.394. The highest BCUT2D eigenvalue weighted by Crippen LogP contribution is 2.43. The summed E-state index contributed by atoms with van der Waals surface area (Å²) in [5.41, 5.74) is 6.97. The molecule has 2 aliphatic rings. The number of fused-ring (bicyclic) bond motifs is 2. The molecule has 1 saturated heterocycles. The third-order valence-corrected chi connectivity index (χ3v) is 8.71. The number of likely N-dealkylation sites (tertiary alicyclic amines) is 1. The van der Waals surface area contributed by atoms with Crippen LogP contribution in [0.4, 0.5) is 0 Å². The number of nitrogens with one attached hydrogen (secondary N) is 1. The molecule has 5 heterocycles. The second-order valence-corrected chi connectivity index (χ2v) is 11.0. The fourth-order valence-corrected chi connectivity index (χ4v) is 7.02. The molecule has 4 aromatic heterocycles. The molecule has 0 aromatic carbocycles. The number of pyridine rings is 1. The molecule has 6 nitrogen and oxygen atoms in total. The van der Waals surface area contributed by atoms with Crippen molar-refractivity contribution in [1.29, 1.82) is 0 Å². The SMILES string of the molecule is Cc1cc2ncnn2cc1-c1[nH]c2sc(C3CCC(N4CCCC4)CC3)nc2c1C(C)C. The van der Waals surface area contributed by atoms with Gasteiger partial charge in [-0.3, -0.25) is 0 Å². The van der Waals surface area contributed by atoms with E-state index in [2.05, 4.69) is 53.0 Å². The van der Waals surface area contributed by atoms with Gasteiger partial charge in [-0.15, -0.1) is 11.3 Å². The van der Waals surface area contributed by atoms with Crippen molar-refractivity contribution < 1.29 is 0 Å². The number of aromatic amines is 1. The molecule has 0 radical (unpaired) electrons. The quantitative estimate of drug-likeness (QED) is 0.423. The average molecular weight is 449 g/mol. The van der Waals surface area contributed by atoms with Crippen LogP contribution in [-0.4, -0.2) is 48.6 Å². The van der Waals surface area contributed by atoms with Gasteiger partial charge < -0.3 is 9.88 Å². The average Bonchev–Trinajstić information content (AvgIpc) is 3.55. The lowest BCUT2D eigenvalue weighted by Gasteiger charge is -2.33. The van der Waals surface area contributed by atoms with E-state index in [0.717, 1.165) is 11.7 Å². The smallest absolute Gasteiger partial charge is 0.155 e. The second-order valence-electron chi connectivity index (χ2n) is 9.98. The Morgan fingerprint density at radius 3 is 2.66 bits per heavy atom. The number of hydrogen-bond acceptors (Lipinski definition) is 5. The number of nitrogens with zero attached hydrogens (tertiary/aromatic N) is 5. The Hall–Kier alpha value is -2.25. The van der Waals surface area contributed by atoms with Crippen LogP contribution >= 0.6 is 11.3 Å². The van der Waals surface area contributed by atoms with Gasteiger partial charge >= 0.3 is 0 Å². The number of hydrogen-bond donors (Lipinski definition) is 1. The highest BCUT2D eigenvalue weighted by molar-refractivity contribution is 7.18. The molecule has 7 heteroatoms. The lowest BCUT2D eigenvalue weighted by Crippen LogP contribution is -2.35. The predicted molar refractivity (Wildman–Crippen MR) is 131 cm³/mol. The Balaban J connectivity index is 1.32. The molecule has 1 aliphatic carbocycles. The van der Waals surface area contributed by atoms with Gasteiger partial charge in [0, 0.05) is 29.3 Å². The maximum absolute atomic E-state index is 5.25. The summed E-state index contributed by atoms with van der Waals surface area (Å²) in [4.78, 5) is 17.3. The Morgan fingerprint density at radius 1 is 1.12 bits per heavy atom. The van der Waals surface area contributed by atoms with Crippen LogP contribution in [0.25, 0.3) is 27.3 Å². The zero-order chi connectivity index (χ0) is 21.8. The molecule has 168 valence electrons. The van der Waals surface area contributed by atoms with Gasteiger partial charge in [0.1, 0.15) is 16.7 Å². The van der Waals surface area contributed by atoms with Crippen LogP contribution in [0.2, 0.25) is 0 Å². The number of H-pyrrole nitrogens is 1. The maximum atomic E-state index is 5.25. The van der Waals surface area contributed by atoms with Gasteiger partial charge in [-0.05, 0) is 76.1 Å². The van der Waals surface area contributed by atoms with E-state index < -0.39 is 0 Å². The topological polar surface area (TPSA) is 62.1 Å². The minimum absolute atomic E-state index is 0.394. The standard InChI is InChI=1S/C25H32N6S/c1-15(2)21-22(19-13-31-20(12-16(19)3)26-14-27-31)28-25-23(21)29-24(32-25)17-6-8-18(9-7-17)30-10-4-5-11-30/h12-15,17-18,28H,4-11H2,1-3H3. The molecule has 1 aliphatic heterocycles. The molecule has 6 rings (SSSR count). The highest BCUT2D eigenvalue weighted by atomic mass is 32.1. The zero-order valence-corrected chi connectivity index (χ0v) is 20.1. The first kappa shape index (κ1) is 20.4. The largest absolute Gasteiger partial charge is 0.345 e. The van der Waals surface area contributed by atoms with Gasteiger partial charge in [0.2, 0.25) is 0 Å². The van der Waals surface area contributed by atoms with E-state index >= 15 is 0 Å². The molecule has 0 spiro atoms. The molecule has 2 fully saturated rings. The van der Waals surface area contributed by atoms with Crippen molar-refractivity contribution in [2.45, 2.75) is 77.2 Å². The summed E-state index contributed by atoms with van der Waals surface area (Å²) < 4.78 is 1.86. The van der Waals surface area contributed by atoms with Crippen molar-refractivity contribution in [2.24, 2.45) is 0 Å². The highest BCUT2D eigenvalue weighted by Gasteiger charge is 2.30. The number of rotatable bonds is 4. The van der Waals surface area contributed by atoms with Crippen LogP contribution in [-0.2, 0) is 0 Å². The van der Waals surface area contributed by atoms with Gasteiger partial charge in [0.15, 0.2) is 5.65 Å². The Labute approximate surface area is 193 Å². The summed E-state index contributed by atoms with van der Waals surface area (Å²) in [6, 6.07) is 2.92. The van der Waals surface area contributed by atoms with E-state index in [-0.39, 0.29) is 0 Å². The lowest BCUT2D eigenvalue weighted by molar-refractivity contribution is 0.182. The molecule has 0 amide bonds. The zero-order valence-electron chi connectivity index (χ0n) is 19.3. The minimum Gasteiger partial charge on any atom is -0.345 e. The maximum Gasteiger partial charge on any atom is 0.155 e. The van der Waals surface area contributed by atoms with Gasteiger partial charge in [-0.2, -0.15) is 5.10 Å². The monoisotopic (exact) mass is 448 g/mol. The number of thiazole rings is 1. The van der Waals surface area contributed by atoms with E-state index in [9.17, 15) is 0 Å². The van der Waals surface area contributed by atoms with Gasteiger partial charge in [-0.1, -0.05) is 13.8 Å². The summed E-state index contributed by atoms with van der Waals surface area (Å²) >= 11 is 1.88. The van der Waals surface area contributed by atoms with Gasteiger partial charge in [0.05, 0.1) is 10.7 Å². The van der Waals surface area contributed by atoms with Crippen molar-refractivity contribution in [3.63, 3.8) is 0 Å². The summed E-state index contributed by atoms with van der Waals surface area (Å²) in [5, 5.41) is 5.68. The van der Waals surface area contributed by atoms with Crippen molar-refractivity contribution in [1.82, 2.24) is 29.5 Å². The Bertz CT molecular complexity index is 1250. The molecule has 32 heavy (non-hydrogen) atoms. The van der Waals surface area contributed by atoms with E-state index in [1.165, 1.54) is 89.4 Å². The first-order valence-electron chi connectivity index (χ1n) is 12.1. The van der Waals surface area contributed by atoms with Crippen LogP contribution in [0.5, 0.6) is 0 Å². The normalized spacial score (nSPS) is 22.6. The Kier molecular flexibility index (Phi) is 5.06. The summed E-state index contributed by atoms with van der Waals surface area (Å²) in [6.45, 7) is 9.33. The van der Waals surface area contributed by atoms with Crippen LogP contribution in [0.3, 0.4) is 0 Å².